The van der Waals surface area contributed by atoms with Gasteiger partial charge >= 0.3 is 6.03 Å². The zero-order chi connectivity index (χ0) is 18.0. The minimum Gasteiger partial charge on any atom is -0.482 e. The van der Waals surface area contributed by atoms with Crippen molar-refractivity contribution >= 4 is 17.4 Å². The highest BCUT2D eigenvalue weighted by molar-refractivity contribution is 6.01. The van der Waals surface area contributed by atoms with Crippen LogP contribution in [-0.2, 0) is 4.74 Å². The number of anilines is 2. The van der Waals surface area contributed by atoms with Crippen LogP contribution in [0, 0.1) is 6.92 Å². The SMILES string of the molecule is CCO[C@@H]1c2c(C)ccc(NC(=O)Nc3ccccc3)c2OC1(C)C. The highest BCUT2D eigenvalue weighted by Crippen LogP contribution is 2.50. The first kappa shape index (κ1) is 17.3. The average molecular weight is 340 g/mol. The molecule has 0 saturated heterocycles. The van der Waals surface area contributed by atoms with Crippen LogP contribution < -0.4 is 15.4 Å². The van der Waals surface area contributed by atoms with Crippen molar-refractivity contribution in [2.24, 2.45) is 0 Å². The number of nitrogens with one attached hydrogen (secondary N) is 2. The molecule has 0 spiro atoms. The average Bonchev–Trinajstić information content (AvgIpc) is 2.84. The fourth-order valence-corrected chi connectivity index (χ4v) is 3.15. The summed E-state index contributed by atoms with van der Waals surface area (Å²) in [4.78, 5) is 12.3. The van der Waals surface area contributed by atoms with Crippen LogP contribution in [0.15, 0.2) is 42.5 Å². The van der Waals surface area contributed by atoms with Crippen molar-refractivity contribution in [2.75, 3.05) is 17.2 Å². The van der Waals surface area contributed by atoms with Crippen LogP contribution >= 0.6 is 0 Å². The molecule has 25 heavy (non-hydrogen) atoms. The lowest BCUT2D eigenvalue weighted by molar-refractivity contribution is -0.0471. The van der Waals surface area contributed by atoms with Crippen LogP contribution in [0.1, 0.15) is 38.0 Å². The largest absolute Gasteiger partial charge is 0.482 e. The van der Waals surface area contributed by atoms with Crippen LogP contribution in [-0.4, -0.2) is 18.2 Å². The van der Waals surface area contributed by atoms with Crippen LogP contribution in [0.2, 0.25) is 0 Å². The number of fused-ring (bicyclic) bond motifs is 1. The molecule has 0 unspecified atom stereocenters. The predicted molar refractivity (Wildman–Crippen MR) is 99.3 cm³/mol. The summed E-state index contributed by atoms with van der Waals surface area (Å²) in [6.45, 7) is 8.60. The topological polar surface area (TPSA) is 59.6 Å². The Morgan fingerprint density at radius 2 is 1.88 bits per heavy atom. The van der Waals surface area contributed by atoms with Crippen molar-refractivity contribution < 1.29 is 14.3 Å². The molecule has 0 radical (unpaired) electrons. The summed E-state index contributed by atoms with van der Waals surface area (Å²) >= 11 is 0. The van der Waals surface area contributed by atoms with Crippen LogP contribution in [0.3, 0.4) is 0 Å². The first-order chi connectivity index (χ1) is 11.9. The minimum atomic E-state index is -0.489. The second-order valence-corrected chi connectivity index (χ2v) is 6.66. The molecule has 2 aromatic rings. The highest BCUT2D eigenvalue weighted by atomic mass is 16.6. The quantitative estimate of drug-likeness (QED) is 0.833. The molecule has 5 heteroatoms. The third-order valence-corrected chi connectivity index (χ3v) is 4.29. The zero-order valence-corrected chi connectivity index (χ0v) is 15.1. The maximum atomic E-state index is 12.3. The van der Waals surface area contributed by atoms with E-state index in [0.29, 0.717) is 18.0 Å². The van der Waals surface area contributed by atoms with E-state index in [0.717, 1.165) is 16.8 Å². The molecule has 2 amide bonds. The second kappa shape index (κ2) is 6.76. The monoisotopic (exact) mass is 340 g/mol. The summed E-state index contributed by atoms with van der Waals surface area (Å²) in [6, 6.07) is 12.9. The second-order valence-electron chi connectivity index (χ2n) is 6.66. The number of rotatable bonds is 4. The summed E-state index contributed by atoms with van der Waals surface area (Å²) in [5, 5.41) is 5.70. The van der Waals surface area contributed by atoms with E-state index in [4.69, 9.17) is 9.47 Å². The van der Waals surface area contributed by atoms with Gasteiger partial charge in [-0.3, -0.25) is 0 Å². The van der Waals surface area contributed by atoms with E-state index in [-0.39, 0.29) is 12.1 Å². The van der Waals surface area contributed by atoms with Gasteiger partial charge in [-0.25, -0.2) is 4.79 Å². The van der Waals surface area contributed by atoms with Crippen LogP contribution in [0.25, 0.3) is 0 Å². The van der Waals surface area contributed by atoms with Crippen molar-refractivity contribution in [1.29, 1.82) is 0 Å². The molecule has 2 aromatic carbocycles. The van der Waals surface area contributed by atoms with Gasteiger partial charge in [-0.05, 0) is 51.5 Å². The molecule has 1 aliphatic heterocycles. The van der Waals surface area contributed by atoms with Gasteiger partial charge in [0.25, 0.3) is 0 Å². The van der Waals surface area contributed by atoms with E-state index in [9.17, 15) is 4.79 Å². The molecular formula is C20H24N2O3. The minimum absolute atomic E-state index is 0.161. The van der Waals surface area contributed by atoms with E-state index < -0.39 is 5.60 Å². The van der Waals surface area contributed by atoms with Crippen molar-refractivity contribution in [3.63, 3.8) is 0 Å². The summed E-state index contributed by atoms with van der Waals surface area (Å²) in [7, 11) is 0. The van der Waals surface area contributed by atoms with E-state index in [1.165, 1.54) is 0 Å². The number of para-hydroxylation sites is 1. The van der Waals surface area contributed by atoms with Gasteiger partial charge in [0, 0.05) is 17.9 Å². The standard InChI is InChI=1S/C20H24N2O3/c1-5-24-18-16-13(2)11-12-15(17(16)25-20(18,3)4)22-19(23)21-14-9-7-6-8-10-14/h6-12,18H,5H2,1-4H3,(H2,21,22,23)/t18-/m1/s1. The molecule has 1 atom stereocenters. The molecule has 2 N–H and O–H groups in total. The van der Waals surface area contributed by atoms with Crippen molar-refractivity contribution in [2.45, 2.75) is 39.4 Å². The Morgan fingerprint density at radius 3 is 2.56 bits per heavy atom. The number of urea groups is 1. The Bertz CT molecular complexity index is 772. The molecule has 0 saturated carbocycles. The van der Waals surface area contributed by atoms with Gasteiger partial charge in [0.2, 0.25) is 0 Å². The number of ether oxygens (including phenoxy) is 2. The fraction of sp³-hybridized carbons (Fsp3) is 0.350. The summed E-state index contributed by atoms with van der Waals surface area (Å²) in [5.41, 5.74) is 2.98. The molecule has 3 rings (SSSR count). The number of carbonyl (C=O) groups is 1. The molecule has 1 aliphatic rings. The molecule has 1 heterocycles. The smallest absolute Gasteiger partial charge is 0.323 e. The van der Waals surface area contributed by atoms with E-state index in [1.54, 1.807) is 0 Å². The first-order valence-electron chi connectivity index (χ1n) is 8.49. The molecule has 0 aromatic heterocycles. The Hall–Kier alpha value is -2.53. The van der Waals surface area contributed by atoms with Crippen LogP contribution in [0.4, 0.5) is 16.2 Å². The molecular weight excluding hydrogens is 316 g/mol. The molecule has 0 aliphatic carbocycles. The summed E-state index contributed by atoms with van der Waals surface area (Å²) in [6.07, 6.45) is -0.161. The van der Waals surface area contributed by atoms with Crippen LogP contribution in [0.5, 0.6) is 5.75 Å². The predicted octanol–water partition coefficient (Wildman–Crippen LogP) is 4.89. The molecule has 5 nitrogen and oxygen atoms in total. The maximum absolute atomic E-state index is 12.3. The van der Waals surface area contributed by atoms with E-state index >= 15 is 0 Å². The zero-order valence-electron chi connectivity index (χ0n) is 15.1. The van der Waals surface area contributed by atoms with Gasteiger partial charge in [0.05, 0.1) is 5.69 Å². The number of carbonyl (C=O) groups excluding carboxylic acids is 1. The van der Waals surface area contributed by atoms with Gasteiger partial charge in [-0.15, -0.1) is 0 Å². The van der Waals surface area contributed by atoms with E-state index in [2.05, 4.69) is 10.6 Å². The highest BCUT2D eigenvalue weighted by Gasteiger charge is 2.44. The number of aryl methyl sites for hydroxylation is 1. The summed E-state index contributed by atoms with van der Waals surface area (Å²) in [5.74, 6) is 0.687. The molecule has 0 fully saturated rings. The Morgan fingerprint density at radius 1 is 1.16 bits per heavy atom. The third kappa shape index (κ3) is 3.46. The third-order valence-electron chi connectivity index (χ3n) is 4.29. The van der Waals surface area contributed by atoms with Crippen molar-refractivity contribution in [3.8, 4) is 5.75 Å². The lowest BCUT2D eigenvalue weighted by atomic mass is 9.94. The molecule has 132 valence electrons. The molecule has 0 bridgehead atoms. The first-order valence-corrected chi connectivity index (χ1v) is 8.49. The normalized spacial score (nSPS) is 17.5. The van der Waals surface area contributed by atoms with Gasteiger partial charge in [-0.2, -0.15) is 0 Å². The van der Waals surface area contributed by atoms with E-state index in [1.807, 2.05) is 70.2 Å². The lowest BCUT2D eigenvalue weighted by Gasteiger charge is -2.26. The number of hydrogen-bond donors (Lipinski definition) is 2. The van der Waals surface area contributed by atoms with Gasteiger partial charge in [0.15, 0.2) is 0 Å². The van der Waals surface area contributed by atoms with Gasteiger partial charge in [-0.1, -0.05) is 24.3 Å². The number of amides is 2. The number of benzene rings is 2. The number of hydrogen-bond acceptors (Lipinski definition) is 3. The van der Waals surface area contributed by atoms with Gasteiger partial charge < -0.3 is 20.1 Å². The lowest BCUT2D eigenvalue weighted by Crippen LogP contribution is -2.32. The summed E-state index contributed by atoms with van der Waals surface area (Å²) < 4.78 is 12.1. The van der Waals surface area contributed by atoms with Crippen molar-refractivity contribution in [3.05, 3.63) is 53.6 Å². The Balaban J connectivity index is 1.86. The van der Waals surface area contributed by atoms with Gasteiger partial charge in [0.1, 0.15) is 17.5 Å². The Labute approximate surface area is 148 Å². The fourth-order valence-electron chi connectivity index (χ4n) is 3.15. The maximum Gasteiger partial charge on any atom is 0.323 e. The van der Waals surface area contributed by atoms with Crippen molar-refractivity contribution in [1.82, 2.24) is 0 Å². The Kier molecular flexibility index (Phi) is 4.68.